The quantitative estimate of drug-likeness (QED) is 0.273. The number of ether oxygens (including phenoxy) is 2. The average Bonchev–Trinajstić information content (AvgIpc) is 3.74. The van der Waals surface area contributed by atoms with E-state index in [4.69, 9.17) is 26.1 Å². The number of hydrogen-bond donors (Lipinski definition) is 0. The highest BCUT2D eigenvalue weighted by molar-refractivity contribution is 6.29. The summed E-state index contributed by atoms with van der Waals surface area (Å²) in [4.78, 5) is 22.0. The lowest BCUT2D eigenvalue weighted by atomic mass is 10.2. The van der Waals surface area contributed by atoms with E-state index in [2.05, 4.69) is 20.2 Å². The van der Waals surface area contributed by atoms with Crippen molar-refractivity contribution in [3.63, 3.8) is 0 Å². The molecule has 0 radical (unpaired) electrons. The zero-order valence-corrected chi connectivity index (χ0v) is 19.4. The van der Waals surface area contributed by atoms with E-state index < -0.39 is 5.97 Å². The molecule has 2 aliphatic carbocycles. The summed E-state index contributed by atoms with van der Waals surface area (Å²) in [6.45, 7) is 1.75. The summed E-state index contributed by atoms with van der Waals surface area (Å²) in [7, 11) is 3.00. The molecule has 0 spiro atoms. The Morgan fingerprint density at radius 1 is 1.03 bits per heavy atom. The third-order valence-electron chi connectivity index (χ3n) is 6.66. The Kier molecular flexibility index (Phi) is 4.83. The van der Waals surface area contributed by atoms with Crippen LogP contribution in [0.25, 0.3) is 33.6 Å². The topological polar surface area (TPSA) is 71.2 Å². The monoisotopic (exact) mass is 464 g/mol. The number of imidazole rings is 1. The van der Waals surface area contributed by atoms with Crippen molar-refractivity contribution in [3.8, 4) is 17.3 Å². The minimum absolute atomic E-state index is 0.407. The van der Waals surface area contributed by atoms with E-state index in [0.29, 0.717) is 28.3 Å². The molecule has 0 amide bonds. The number of benzene rings is 1. The Labute approximate surface area is 196 Å². The van der Waals surface area contributed by atoms with Crippen molar-refractivity contribution >= 4 is 39.6 Å². The summed E-state index contributed by atoms with van der Waals surface area (Å²) < 4.78 is 15.2. The summed E-state index contributed by atoms with van der Waals surface area (Å²) >= 11 is 6.27. The van der Waals surface area contributed by atoms with Gasteiger partial charge in [0.2, 0.25) is 0 Å². The molecule has 0 saturated heterocycles. The molecule has 3 heterocycles. The van der Waals surface area contributed by atoms with Gasteiger partial charge in [0.05, 0.1) is 31.0 Å². The van der Waals surface area contributed by atoms with Gasteiger partial charge >= 0.3 is 5.97 Å². The van der Waals surface area contributed by atoms with Gasteiger partial charge in [-0.2, -0.15) is 0 Å². The van der Waals surface area contributed by atoms with E-state index in [1.807, 2.05) is 12.1 Å². The highest BCUT2D eigenvalue weighted by Crippen LogP contribution is 2.40. The molecule has 0 bridgehead atoms. The van der Waals surface area contributed by atoms with Crippen molar-refractivity contribution in [2.45, 2.75) is 38.8 Å². The minimum atomic E-state index is -0.407. The lowest BCUT2D eigenvalue weighted by Gasteiger charge is -2.13. The number of fused-ring (bicyclic) bond motifs is 2. The van der Waals surface area contributed by atoms with Crippen molar-refractivity contribution in [2.24, 2.45) is 11.8 Å². The summed E-state index contributed by atoms with van der Waals surface area (Å²) in [5.41, 5.74) is 3.96. The number of hydrogen-bond acceptors (Lipinski definition) is 5. The molecule has 2 aliphatic rings. The molecule has 33 heavy (non-hydrogen) atoms. The number of carbonyl (C=O) groups excluding carboxylic acids is 1. The zero-order chi connectivity index (χ0) is 22.7. The molecule has 0 atom stereocenters. The minimum Gasteiger partial charge on any atom is -0.494 e. The molecule has 0 aliphatic heterocycles. The molecule has 6 rings (SSSR count). The standard InChI is InChI=1S/C25H25ClN4O3/c1-32-20-11-17(25(31)33-2)9-18-22(20)30(13-15-5-6-15)24(27-18)19-10-16-7-8-21(26)28-23(16)29(19)12-14-3-4-14/h7-11,14-15H,3-6,12-13H2,1-2H3. The van der Waals surface area contributed by atoms with E-state index >= 15 is 0 Å². The van der Waals surface area contributed by atoms with E-state index in [9.17, 15) is 4.79 Å². The summed E-state index contributed by atoms with van der Waals surface area (Å²) in [5.74, 6) is 2.36. The second-order valence-corrected chi connectivity index (χ2v) is 9.54. The molecular weight excluding hydrogens is 440 g/mol. The summed E-state index contributed by atoms with van der Waals surface area (Å²) in [5, 5.41) is 1.53. The van der Waals surface area contributed by atoms with Crippen molar-refractivity contribution in [3.05, 3.63) is 41.0 Å². The fourth-order valence-electron chi connectivity index (χ4n) is 4.59. The van der Waals surface area contributed by atoms with Crippen LogP contribution in [0.15, 0.2) is 30.3 Å². The molecule has 8 heteroatoms. The maximum atomic E-state index is 12.3. The second-order valence-electron chi connectivity index (χ2n) is 9.16. The Hall–Kier alpha value is -3.06. The van der Waals surface area contributed by atoms with Crippen molar-refractivity contribution in [1.82, 2.24) is 19.1 Å². The first-order valence-corrected chi connectivity index (χ1v) is 11.8. The summed E-state index contributed by atoms with van der Waals surface area (Å²) in [6.07, 6.45) is 4.89. The molecule has 2 saturated carbocycles. The van der Waals surface area contributed by atoms with Crippen LogP contribution in [0.3, 0.4) is 0 Å². The lowest BCUT2D eigenvalue weighted by molar-refractivity contribution is 0.0600. The predicted octanol–water partition coefficient (Wildman–Crippen LogP) is 5.32. The van der Waals surface area contributed by atoms with E-state index in [1.165, 1.54) is 32.8 Å². The van der Waals surface area contributed by atoms with Crippen LogP contribution in [-0.4, -0.2) is 39.3 Å². The average molecular weight is 465 g/mol. The van der Waals surface area contributed by atoms with Crippen LogP contribution in [0, 0.1) is 11.8 Å². The number of carbonyl (C=O) groups is 1. The van der Waals surface area contributed by atoms with Crippen LogP contribution in [-0.2, 0) is 17.8 Å². The maximum absolute atomic E-state index is 12.3. The number of methoxy groups -OCH3 is 2. The van der Waals surface area contributed by atoms with Gasteiger partial charge in [-0.3, -0.25) is 0 Å². The van der Waals surface area contributed by atoms with Gasteiger partial charge in [-0.1, -0.05) is 11.6 Å². The number of rotatable bonds is 7. The number of aromatic nitrogens is 4. The van der Waals surface area contributed by atoms with Crippen LogP contribution < -0.4 is 4.74 Å². The molecule has 4 aromatic rings. The SMILES string of the molecule is COC(=O)c1cc(OC)c2c(c1)nc(-c1cc3ccc(Cl)nc3n1CC1CC1)n2CC1CC1. The Bertz CT molecular complexity index is 1400. The number of pyridine rings is 1. The molecule has 170 valence electrons. The van der Waals surface area contributed by atoms with Crippen molar-refractivity contribution in [2.75, 3.05) is 14.2 Å². The molecule has 0 unspecified atom stereocenters. The van der Waals surface area contributed by atoms with Gasteiger partial charge in [-0.15, -0.1) is 0 Å². The number of halogens is 1. The van der Waals surface area contributed by atoms with E-state index in [0.717, 1.165) is 46.7 Å². The van der Waals surface area contributed by atoms with Gasteiger partial charge in [0, 0.05) is 18.5 Å². The molecular formula is C25H25ClN4O3. The van der Waals surface area contributed by atoms with Gasteiger partial charge in [-0.05, 0) is 67.9 Å². The maximum Gasteiger partial charge on any atom is 0.338 e. The first-order valence-electron chi connectivity index (χ1n) is 11.4. The molecule has 2 fully saturated rings. The molecule has 7 nitrogen and oxygen atoms in total. The van der Waals surface area contributed by atoms with E-state index in [1.54, 1.807) is 19.2 Å². The highest BCUT2D eigenvalue weighted by Gasteiger charge is 2.30. The number of nitrogens with zero attached hydrogens (tertiary/aromatic N) is 4. The van der Waals surface area contributed by atoms with Crippen LogP contribution >= 0.6 is 11.6 Å². The normalized spacial score (nSPS) is 16.0. The fraction of sp³-hybridized carbons (Fsp3) is 0.400. The van der Waals surface area contributed by atoms with Crippen LogP contribution in [0.4, 0.5) is 0 Å². The van der Waals surface area contributed by atoms with Crippen molar-refractivity contribution < 1.29 is 14.3 Å². The van der Waals surface area contributed by atoms with Crippen LogP contribution in [0.1, 0.15) is 36.0 Å². The molecule has 1 aromatic carbocycles. The lowest BCUT2D eigenvalue weighted by Crippen LogP contribution is -2.08. The first kappa shape index (κ1) is 20.5. The Morgan fingerprint density at radius 3 is 2.42 bits per heavy atom. The third-order valence-corrected chi connectivity index (χ3v) is 6.87. The van der Waals surface area contributed by atoms with Gasteiger partial charge in [-0.25, -0.2) is 14.8 Å². The van der Waals surface area contributed by atoms with Gasteiger partial charge < -0.3 is 18.6 Å². The predicted molar refractivity (Wildman–Crippen MR) is 127 cm³/mol. The van der Waals surface area contributed by atoms with Gasteiger partial charge in [0.15, 0.2) is 5.82 Å². The zero-order valence-electron chi connectivity index (χ0n) is 18.7. The first-order chi connectivity index (χ1) is 16.1. The highest BCUT2D eigenvalue weighted by atomic mass is 35.5. The third kappa shape index (κ3) is 3.64. The largest absolute Gasteiger partial charge is 0.494 e. The number of esters is 1. The van der Waals surface area contributed by atoms with Crippen LogP contribution in [0.2, 0.25) is 5.15 Å². The Morgan fingerprint density at radius 2 is 1.76 bits per heavy atom. The smallest absolute Gasteiger partial charge is 0.338 e. The second kappa shape index (κ2) is 7.76. The Balaban J connectivity index is 1.61. The van der Waals surface area contributed by atoms with Gasteiger partial charge in [0.25, 0.3) is 0 Å². The van der Waals surface area contributed by atoms with Gasteiger partial charge in [0.1, 0.15) is 22.1 Å². The molecule has 3 aromatic heterocycles. The van der Waals surface area contributed by atoms with Crippen LogP contribution in [0.5, 0.6) is 5.75 Å². The molecule has 0 N–H and O–H groups in total. The van der Waals surface area contributed by atoms with Crippen molar-refractivity contribution in [1.29, 1.82) is 0 Å². The fourth-order valence-corrected chi connectivity index (χ4v) is 4.73. The summed E-state index contributed by atoms with van der Waals surface area (Å²) in [6, 6.07) is 9.53. The van der Waals surface area contributed by atoms with E-state index in [-0.39, 0.29) is 0 Å².